The lowest BCUT2D eigenvalue weighted by Crippen LogP contribution is -2.23. The summed E-state index contributed by atoms with van der Waals surface area (Å²) in [6, 6.07) is 15.4. The Morgan fingerprint density at radius 3 is 2.52 bits per heavy atom. The highest BCUT2D eigenvalue weighted by molar-refractivity contribution is 5.96. The third-order valence-corrected chi connectivity index (χ3v) is 6.57. The van der Waals surface area contributed by atoms with Gasteiger partial charge in [-0.1, -0.05) is 18.2 Å². The number of benzene rings is 2. The van der Waals surface area contributed by atoms with Gasteiger partial charge >= 0.3 is 0 Å². The summed E-state index contributed by atoms with van der Waals surface area (Å²) in [7, 11) is 3.48. The first-order chi connectivity index (χ1) is 15.9. The number of ether oxygens (including phenoxy) is 2. The molecule has 1 saturated carbocycles. The Bertz CT molecular complexity index is 1260. The average Bonchev–Trinajstić information content (AvgIpc) is 3.50. The molecular formula is C27H26N2O4. The maximum atomic E-state index is 13.3. The quantitative estimate of drug-likeness (QED) is 0.568. The molecule has 1 amide bonds. The second-order valence-electron chi connectivity index (χ2n) is 9.02. The highest BCUT2D eigenvalue weighted by Gasteiger charge is 2.51. The number of hydrogen-bond donors (Lipinski definition) is 0. The van der Waals surface area contributed by atoms with Crippen LogP contribution in [0.5, 0.6) is 11.5 Å². The van der Waals surface area contributed by atoms with Gasteiger partial charge in [0.15, 0.2) is 11.5 Å². The van der Waals surface area contributed by atoms with Gasteiger partial charge in [0, 0.05) is 37.8 Å². The van der Waals surface area contributed by atoms with Crippen LogP contribution in [0.25, 0.3) is 11.1 Å². The second kappa shape index (κ2) is 8.03. The number of nitrogens with zero attached hydrogens (tertiary/aromatic N) is 2. The van der Waals surface area contributed by atoms with E-state index in [2.05, 4.69) is 4.98 Å². The summed E-state index contributed by atoms with van der Waals surface area (Å²) in [5.41, 5.74) is 4.78. The van der Waals surface area contributed by atoms with Gasteiger partial charge in [0.2, 0.25) is 6.79 Å². The van der Waals surface area contributed by atoms with Gasteiger partial charge in [0.25, 0.3) is 5.91 Å². The first-order valence-corrected chi connectivity index (χ1v) is 11.1. The molecule has 0 N–H and O–H groups in total. The largest absolute Gasteiger partial charge is 0.454 e. The number of fused-ring (bicyclic) bond motifs is 1. The van der Waals surface area contributed by atoms with Crippen molar-refractivity contribution in [3.8, 4) is 22.6 Å². The van der Waals surface area contributed by atoms with Crippen molar-refractivity contribution in [1.29, 1.82) is 0 Å². The lowest BCUT2D eigenvalue weighted by atomic mass is 9.88. The van der Waals surface area contributed by atoms with Crippen LogP contribution in [0.1, 0.15) is 40.0 Å². The molecular weight excluding hydrogens is 416 g/mol. The van der Waals surface area contributed by atoms with Gasteiger partial charge in [0.1, 0.15) is 5.78 Å². The summed E-state index contributed by atoms with van der Waals surface area (Å²) in [6.45, 7) is 2.20. The minimum Gasteiger partial charge on any atom is -0.454 e. The topological polar surface area (TPSA) is 68.7 Å². The van der Waals surface area contributed by atoms with E-state index in [-0.39, 0.29) is 18.5 Å². The van der Waals surface area contributed by atoms with E-state index in [1.54, 1.807) is 25.2 Å². The van der Waals surface area contributed by atoms with E-state index in [0.29, 0.717) is 17.7 Å². The number of hydrogen-bond acceptors (Lipinski definition) is 5. The second-order valence-corrected chi connectivity index (χ2v) is 9.02. The van der Waals surface area contributed by atoms with Crippen LogP contribution in [0, 0.1) is 6.92 Å². The number of aryl methyl sites for hydroxylation is 1. The van der Waals surface area contributed by atoms with Gasteiger partial charge in [-0.25, -0.2) is 0 Å². The minimum atomic E-state index is -0.450. The lowest BCUT2D eigenvalue weighted by molar-refractivity contribution is -0.120. The molecule has 2 heterocycles. The zero-order valence-electron chi connectivity index (χ0n) is 19.1. The number of aromatic nitrogens is 1. The Labute approximate surface area is 193 Å². The lowest BCUT2D eigenvalue weighted by Gasteiger charge is -2.16. The molecule has 2 aromatic carbocycles. The number of pyridine rings is 1. The maximum absolute atomic E-state index is 13.3. The molecule has 1 aliphatic carbocycles. The van der Waals surface area contributed by atoms with Crippen molar-refractivity contribution >= 4 is 11.7 Å². The molecule has 1 aliphatic heterocycles. The molecule has 5 rings (SSSR count). The van der Waals surface area contributed by atoms with Crippen LogP contribution in [0.15, 0.2) is 54.7 Å². The number of carbonyl (C=O) groups is 2. The van der Waals surface area contributed by atoms with Crippen molar-refractivity contribution in [3.05, 3.63) is 77.1 Å². The maximum Gasteiger partial charge on any atom is 0.253 e. The van der Waals surface area contributed by atoms with Gasteiger partial charge in [-0.2, -0.15) is 0 Å². The molecule has 2 aliphatic rings. The molecule has 0 unspecified atom stereocenters. The van der Waals surface area contributed by atoms with E-state index in [1.165, 1.54) is 0 Å². The third-order valence-electron chi connectivity index (χ3n) is 6.57. The first kappa shape index (κ1) is 21.2. The predicted molar refractivity (Wildman–Crippen MR) is 125 cm³/mol. The smallest absolute Gasteiger partial charge is 0.253 e. The molecule has 0 atom stereocenters. The molecule has 6 heteroatoms. The van der Waals surface area contributed by atoms with Crippen LogP contribution in [0.3, 0.4) is 0 Å². The molecule has 0 saturated heterocycles. The van der Waals surface area contributed by atoms with E-state index < -0.39 is 5.41 Å². The molecule has 1 aromatic heterocycles. The van der Waals surface area contributed by atoms with Crippen LogP contribution < -0.4 is 9.47 Å². The van der Waals surface area contributed by atoms with Crippen molar-refractivity contribution in [2.45, 2.75) is 31.6 Å². The van der Waals surface area contributed by atoms with Gasteiger partial charge in [-0.05, 0) is 66.8 Å². The normalized spacial score (nSPS) is 15.2. The molecule has 0 spiro atoms. The fraction of sp³-hybridized carbons (Fsp3) is 0.296. The van der Waals surface area contributed by atoms with Crippen molar-refractivity contribution in [3.63, 3.8) is 0 Å². The molecule has 168 valence electrons. The Balaban J connectivity index is 1.36. The standard InChI is InChI=1S/C27H26N2O4/c1-17-11-20(18-5-4-6-19(12-18)26(31)29(2)3)15-28-22(17)14-25(30)27(9-10-27)21-7-8-23-24(13-21)33-16-32-23/h4-8,11-13,15H,9-10,14,16H2,1-3H3. The van der Waals surface area contributed by atoms with E-state index in [4.69, 9.17) is 9.47 Å². The Hall–Kier alpha value is -3.67. The highest BCUT2D eigenvalue weighted by Crippen LogP contribution is 2.51. The average molecular weight is 443 g/mol. The Kier molecular flexibility index (Phi) is 5.16. The number of rotatable bonds is 6. The summed E-state index contributed by atoms with van der Waals surface area (Å²) >= 11 is 0. The van der Waals surface area contributed by atoms with Gasteiger partial charge in [-0.15, -0.1) is 0 Å². The molecule has 6 nitrogen and oxygen atoms in total. The van der Waals surface area contributed by atoms with Crippen molar-refractivity contribution in [2.24, 2.45) is 0 Å². The van der Waals surface area contributed by atoms with E-state index in [0.717, 1.165) is 46.5 Å². The van der Waals surface area contributed by atoms with Gasteiger partial charge < -0.3 is 14.4 Å². The molecule has 3 aromatic rings. The van der Waals surface area contributed by atoms with Crippen LogP contribution in [0.2, 0.25) is 0 Å². The SMILES string of the molecule is Cc1cc(-c2cccc(C(=O)N(C)C)c2)cnc1CC(=O)C1(c2ccc3c(c2)OCO3)CC1. The van der Waals surface area contributed by atoms with E-state index >= 15 is 0 Å². The van der Waals surface area contributed by atoms with Gasteiger partial charge in [-0.3, -0.25) is 14.6 Å². The number of carbonyl (C=O) groups excluding carboxylic acids is 2. The number of ketones is 1. The first-order valence-electron chi connectivity index (χ1n) is 11.1. The Morgan fingerprint density at radius 1 is 1.00 bits per heavy atom. The Morgan fingerprint density at radius 2 is 1.79 bits per heavy atom. The summed E-state index contributed by atoms with van der Waals surface area (Å²) in [5.74, 6) is 1.58. The monoisotopic (exact) mass is 442 g/mol. The zero-order chi connectivity index (χ0) is 23.2. The predicted octanol–water partition coefficient (Wildman–Crippen LogP) is 4.33. The highest BCUT2D eigenvalue weighted by atomic mass is 16.7. The van der Waals surface area contributed by atoms with Crippen LogP contribution in [0.4, 0.5) is 0 Å². The zero-order valence-corrected chi connectivity index (χ0v) is 19.1. The van der Waals surface area contributed by atoms with Crippen LogP contribution in [-0.2, 0) is 16.6 Å². The molecule has 0 radical (unpaired) electrons. The van der Waals surface area contributed by atoms with E-state index in [9.17, 15) is 9.59 Å². The van der Waals surface area contributed by atoms with E-state index in [1.807, 2.05) is 55.5 Å². The number of Topliss-reactive ketones (excluding diaryl/α,β-unsaturated/α-hetero) is 1. The van der Waals surface area contributed by atoms with Crippen molar-refractivity contribution in [1.82, 2.24) is 9.88 Å². The fourth-order valence-corrected chi connectivity index (χ4v) is 4.41. The fourth-order valence-electron chi connectivity index (χ4n) is 4.41. The summed E-state index contributed by atoms with van der Waals surface area (Å²) in [4.78, 5) is 31.8. The van der Waals surface area contributed by atoms with Crippen molar-refractivity contribution < 1.29 is 19.1 Å². The minimum absolute atomic E-state index is 0.0398. The number of amides is 1. The van der Waals surface area contributed by atoms with Crippen molar-refractivity contribution in [2.75, 3.05) is 20.9 Å². The summed E-state index contributed by atoms with van der Waals surface area (Å²) < 4.78 is 10.9. The van der Waals surface area contributed by atoms with Gasteiger partial charge in [0.05, 0.1) is 11.1 Å². The third kappa shape index (κ3) is 3.86. The van der Waals surface area contributed by atoms with Crippen LogP contribution in [-0.4, -0.2) is 42.5 Å². The summed E-state index contributed by atoms with van der Waals surface area (Å²) in [5, 5.41) is 0. The molecule has 1 fully saturated rings. The summed E-state index contributed by atoms with van der Waals surface area (Å²) in [6.07, 6.45) is 3.76. The van der Waals surface area contributed by atoms with Crippen LogP contribution >= 0.6 is 0 Å². The molecule has 0 bridgehead atoms. The molecule has 33 heavy (non-hydrogen) atoms.